The van der Waals surface area contributed by atoms with Crippen molar-refractivity contribution in [1.29, 1.82) is 0 Å². The van der Waals surface area contributed by atoms with Crippen molar-refractivity contribution < 1.29 is 24.2 Å². The Morgan fingerprint density at radius 3 is 2.73 bits per heavy atom. The molecule has 1 saturated carbocycles. The molecule has 8 nitrogen and oxygen atoms in total. The first-order valence-corrected chi connectivity index (χ1v) is 10.0. The predicted molar refractivity (Wildman–Crippen MR) is 110 cm³/mol. The monoisotopic (exact) mass is 411 g/mol. The Morgan fingerprint density at radius 1 is 1.30 bits per heavy atom. The summed E-state index contributed by atoms with van der Waals surface area (Å²) in [6.07, 6.45) is 2.75. The largest absolute Gasteiger partial charge is 0.465 e. The molecule has 0 radical (unpaired) electrons. The minimum Gasteiger partial charge on any atom is -0.465 e. The normalized spacial score (nSPS) is 18.1. The van der Waals surface area contributed by atoms with Crippen LogP contribution in [-0.2, 0) is 21.6 Å². The Labute approximate surface area is 174 Å². The van der Waals surface area contributed by atoms with Crippen molar-refractivity contribution >= 4 is 17.7 Å². The predicted octanol–water partition coefficient (Wildman–Crippen LogP) is 3.81. The summed E-state index contributed by atoms with van der Waals surface area (Å²) in [6.45, 7) is 4.59. The highest BCUT2D eigenvalue weighted by atomic mass is 16.5. The van der Waals surface area contributed by atoms with E-state index in [1.165, 1.54) is 18.7 Å². The molecule has 2 aromatic rings. The fourth-order valence-electron chi connectivity index (χ4n) is 3.80. The van der Waals surface area contributed by atoms with E-state index in [1.807, 2.05) is 12.1 Å². The van der Waals surface area contributed by atoms with Crippen LogP contribution in [0, 0.1) is 0 Å². The summed E-state index contributed by atoms with van der Waals surface area (Å²) < 4.78 is 11.8. The second kappa shape index (κ2) is 7.60. The van der Waals surface area contributed by atoms with Crippen molar-refractivity contribution in [3.63, 3.8) is 0 Å². The average Bonchev–Trinajstić information content (AvgIpc) is 3.48. The summed E-state index contributed by atoms with van der Waals surface area (Å²) >= 11 is 0. The van der Waals surface area contributed by atoms with Crippen molar-refractivity contribution in [3.05, 3.63) is 47.7 Å². The number of hydrogen-bond donors (Lipinski definition) is 3. The van der Waals surface area contributed by atoms with E-state index in [-0.39, 0.29) is 5.41 Å². The van der Waals surface area contributed by atoms with Crippen LogP contribution >= 0.6 is 0 Å². The highest BCUT2D eigenvalue weighted by molar-refractivity contribution is 5.99. The van der Waals surface area contributed by atoms with Crippen LogP contribution in [0.1, 0.15) is 44.2 Å². The Kier molecular flexibility index (Phi) is 5.11. The van der Waals surface area contributed by atoms with Gasteiger partial charge in [0, 0.05) is 17.0 Å². The molecule has 2 aliphatic rings. The molecule has 8 heteroatoms. The highest BCUT2D eigenvalue weighted by Gasteiger charge is 2.49. The Hall–Kier alpha value is -3.13. The smallest absolute Gasteiger partial charge is 0.405 e. The van der Waals surface area contributed by atoms with Gasteiger partial charge >= 0.3 is 6.09 Å². The number of benzene rings is 1. The maximum atomic E-state index is 12.5. The maximum absolute atomic E-state index is 12.5. The lowest BCUT2D eigenvalue weighted by molar-refractivity contribution is -0.121. The number of carbonyl (C=O) groups excluding carboxylic acids is 1. The van der Waals surface area contributed by atoms with Gasteiger partial charge in [0.2, 0.25) is 11.8 Å². The summed E-state index contributed by atoms with van der Waals surface area (Å²) in [4.78, 5) is 27.8. The van der Waals surface area contributed by atoms with Gasteiger partial charge in [-0.15, -0.1) is 0 Å². The average molecular weight is 411 g/mol. The summed E-state index contributed by atoms with van der Waals surface area (Å²) in [5, 5.41) is 13.9. The number of rotatable bonds is 6. The number of carboxylic acid groups (broad SMARTS) is 1. The van der Waals surface area contributed by atoms with E-state index in [9.17, 15) is 9.59 Å². The Bertz CT molecular complexity index is 971. The molecule has 0 unspecified atom stereocenters. The van der Waals surface area contributed by atoms with Gasteiger partial charge in [-0.25, -0.2) is 9.78 Å². The standard InChI is InChI=1S/C22H25N3O5/c1-3-21(2,25-20(27)28)19(26)24-15-7-8-17(23-11-15)30-16-6-4-5-14-12-29-13-22(9-10-22)18(14)16/h4-8,11,25H,3,9-10,12-13H2,1-2H3,(H,24,26)(H,27,28)/t21-/m1/s1. The molecule has 3 N–H and O–H groups in total. The number of anilines is 1. The van der Waals surface area contributed by atoms with Crippen LogP contribution < -0.4 is 15.4 Å². The Balaban J connectivity index is 1.48. The summed E-state index contributed by atoms with van der Waals surface area (Å²) in [5.74, 6) is 0.767. The zero-order valence-electron chi connectivity index (χ0n) is 17.0. The lowest BCUT2D eigenvalue weighted by atomic mass is 9.89. The van der Waals surface area contributed by atoms with E-state index in [4.69, 9.17) is 14.6 Å². The lowest BCUT2D eigenvalue weighted by Gasteiger charge is -2.27. The number of ether oxygens (including phenoxy) is 2. The van der Waals surface area contributed by atoms with Crippen LogP contribution in [-0.4, -0.2) is 34.2 Å². The molecule has 1 atom stereocenters. The zero-order valence-corrected chi connectivity index (χ0v) is 17.0. The molecule has 1 fully saturated rings. The summed E-state index contributed by atoms with van der Waals surface area (Å²) in [6, 6.07) is 9.34. The van der Waals surface area contributed by atoms with E-state index in [0.29, 0.717) is 24.6 Å². The molecule has 1 aromatic carbocycles. The van der Waals surface area contributed by atoms with Gasteiger partial charge in [0.05, 0.1) is 25.1 Å². The third-order valence-corrected chi connectivity index (χ3v) is 5.93. The second-order valence-corrected chi connectivity index (χ2v) is 8.12. The number of nitrogens with zero attached hydrogens (tertiary/aromatic N) is 1. The molecule has 0 bridgehead atoms. The SMILES string of the molecule is CC[C@@](C)(NC(=O)O)C(=O)Nc1ccc(Oc2cccc3c2C2(CC2)COC3)nc1. The first-order chi connectivity index (χ1) is 14.3. The third kappa shape index (κ3) is 3.82. The van der Waals surface area contributed by atoms with Crippen molar-refractivity contribution in [2.45, 2.75) is 50.7 Å². The van der Waals surface area contributed by atoms with Crippen molar-refractivity contribution in [2.24, 2.45) is 0 Å². The minimum absolute atomic E-state index is 0.0693. The van der Waals surface area contributed by atoms with E-state index in [2.05, 4.69) is 21.7 Å². The Morgan fingerprint density at radius 2 is 2.10 bits per heavy atom. The third-order valence-electron chi connectivity index (χ3n) is 5.93. The number of fused-ring (bicyclic) bond motifs is 2. The second-order valence-electron chi connectivity index (χ2n) is 8.12. The number of amides is 2. The highest BCUT2D eigenvalue weighted by Crippen LogP contribution is 2.55. The quantitative estimate of drug-likeness (QED) is 0.667. The number of pyridine rings is 1. The number of carbonyl (C=O) groups is 2. The first kappa shape index (κ1) is 20.2. The minimum atomic E-state index is -1.25. The molecule has 30 heavy (non-hydrogen) atoms. The molecular weight excluding hydrogens is 386 g/mol. The van der Waals surface area contributed by atoms with Crippen LogP contribution in [0.4, 0.5) is 10.5 Å². The topological polar surface area (TPSA) is 110 Å². The molecule has 1 aromatic heterocycles. The molecule has 4 rings (SSSR count). The van der Waals surface area contributed by atoms with Gasteiger partial charge < -0.3 is 25.2 Å². The van der Waals surface area contributed by atoms with Gasteiger partial charge in [-0.05, 0) is 43.9 Å². The number of nitrogens with one attached hydrogen (secondary N) is 2. The van der Waals surface area contributed by atoms with Crippen molar-refractivity contribution in [2.75, 3.05) is 11.9 Å². The maximum Gasteiger partial charge on any atom is 0.405 e. The van der Waals surface area contributed by atoms with Gasteiger partial charge in [-0.3, -0.25) is 4.79 Å². The molecule has 158 valence electrons. The van der Waals surface area contributed by atoms with Crippen LogP contribution in [0.2, 0.25) is 0 Å². The van der Waals surface area contributed by atoms with Gasteiger partial charge in [0.1, 0.15) is 11.3 Å². The van der Waals surface area contributed by atoms with Crippen molar-refractivity contribution in [3.8, 4) is 11.6 Å². The van der Waals surface area contributed by atoms with Crippen LogP contribution in [0.15, 0.2) is 36.5 Å². The van der Waals surface area contributed by atoms with Gasteiger partial charge in [0.25, 0.3) is 0 Å². The number of aromatic nitrogens is 1. The van der Waals surface area contributed by atoms with Crippen LogP contribution in [0.5, 0.6) is 11.6 Å². The summed E-state index contributed by atoms with van der Waals surface area (Å²) in [7, 11) is 0. The van der Waals surface area contributed by atoms with Crippen LogP contribution in [0.3, 0.4) is 0 Å². The molecule has 1 aliphatic carbocycles. The lowest BCUT2D eigenvalue weighted by Crippen LogP contribution is -2.53. The van der Waals surface area contributed by atoms with Crippen molar-refractivity contribution in [1.82, 2.24) is 10.3 Å². The first-order valence-electron chi connectivity index (χ1n) is 10.0. The summed E-state index contributed by atoms with van der Waals surface area (Å²) in [5.41, 5.74) is 1.67. The fraction of sp³-hybridized carbons (Fsp3) is 0.409. The molecule has 2 amide bonds. The van der Waals surface area contributed by atoms with Crippen LogP contribution in [0.25, 0.3) is 0 Å². The zero-order chi connectivity index (χ0) is 21.4. The van der Waals surface area contributed by atoms with Gasteiger partial charge in [-0.2, -0.15) is 0 Å². The molecule has 1 spiro atoms. The van der Waals surface area contributed by atoms with E-state index < -0.39 is 17.5 Å². The van der Waals surface area contributed by atoms with E-state index in [0.717, 1.165) is 30.8 Å². The molecule has 2 heterocycles. The molecule has 1 aliphatic heterocycles. The van der Waals surface area contributed by atoms with E-state index in [1.54, 1.807) is 19.1 Å². The fourth-order valence-corrected chi connectivity index (χ4v) is 3.80. The number of hydrogen-bond acceptors (Lipinski definition) is 5. The van der Waals surface area contributed by atoms with Gasteiger partial charge in [-0.1, -0.05) is 19.1 Å². The van der Waals surface area contributed by atoms with E-state index >= 15 is 0 Å². The molecule has 0 saturated heterocycles. The van der Waals surface area contributed by atoms with Gasteiger partial charge in [0.15, 0.2) is 0 Å². The molecular formula is C22H25N3O5.